The predicted molar refractivity (Wildman–Crippen MR) is 85.2 cm³/mol. The molecular weight excluding hydrogens is 266 g/mol. The van der Waals surface area contributed by atoms with Crippen molar-refractivity contribution in [3.63, 3.8) is 0 Å². The van der Waals surface area contributed by atoms with Crippen LogP contribution in [-0.2, 0) is 13.2 Å². The van der Waals surface area contributed by atoms with Gasteiger partial charge in [-0.15, -0.1) is 11.3 Å². The molecule has 0 saturated carbocycles. The third-order valence-electron chi connectivity index (χ3n) is 3.27. The second-order valence-corrected chi connectivity index (χ2v) is 6.06. The fourth-order valence-electron chi connectivity index (χ4n) is 2.13. The third kappa shape index (κ3) is 2.84. The Hall–Kier alpha value is -1.84. The summed E-state index contributed by atoms with van der Waals surface area (Å²) >= 11 is 1.77. The van der Waals surface area contributed by atoms with Crippen LogP contribution >= 0.6 is 11.3 Å². The molecule has 102 valence electrons. The monoisotopic (exact) mass is 283 g/mol. The molecule has 0 unspecified atom stereocenters. The highest BCUT2D eigenvalue weighted by Crippen LogP contribution is 2.27. The number of hydrogen-bond donors (Lipinski definition) is 1. The van der Waals surface area contributed by atoms with Crippen molar-refractivity contribution < 1.29 is 4.74 Å². The van der Waals surface area contributed by atoms with Gasteiger partial charge in [-0.05, 0) is 48.2 Å². The lowest BCUT2D eigenvalue weighted by molar-refractivity contribution is 0.310. The van der Waals surface area contributed by atoms with E-state index < -0.39 is 0 Å². The molecule has 2 nitrogen and oxygen atoms in total. The van der Waals surface area contributed by atoms with Crippen molar-refractivity contribution in [2.45, 2.75) is 20.1 Å². The van der Waals surface area contributed by atoms with Crippen LogP contribution in [0.2, 0.25) is 0 Å². The van der Waals surface area contributed by atoms with E-state index in [1.165, 1.54) is 26.1 Å². The molecule has 1 heterocycles. The maximum atomic E-state index is 5.82. The summed E-state index contributed by atoms with van der Waals surface area (Å²) < 4.78 is 7.10. The van der Waals surface area contributed by atoms with Crippen molar-refractivity contribution >= 4 is 21.4 Å². The van der Waals surface area contributed by atoms with E-state index in [4.69, 9.17) is 10.5 Å². The molecule has 0 aliphatic rings. The molecule has 0 fully saturated rings. The first-order chi connectivity index (χ1) is 9.74. The van der Waals surface area contributed by atoms with Crippen molar-refractivity contribution in [1.29, 1.82) is 0 Å². The van der Waals surface area contributed by atoms with Gasteiger partial charge in [-0.1, -0.05) is 23.8 Å². The molecule has 1 aromatic heterocycles. The number of nitrogens with two attached hydrogens (primary N) is 1. The van der Waals surface area contributed by atoms with Crippen molar-refractivity contribution in [2.24, 2.45) is 5.73 Å². The maximum Gasteiger partial charge on any atom is 0.122 e. The highest BCUT2D eigenvalue weighted by Gasteiger charge is 2.03. The number of rotatable bonds is 4. The molecule has 20 heavy (non-hydrogen) atoms. The van der Waals surface area contributed by atoms with Crippen LogP contribution < -0.4 is 10.5 Å². The zero-order valence-corrected chi connectivity index (χ0v) is 12.2. The summed E-state index contributed by atoms with van der Waals surface area (Å²) in [7, 11) is 0. The molecule has 0 radical (unpaired) electrons. The SMILES string of the molecule is Cc1ccc(OCc2cc3cc(CN)ccc3s2)cc1. The zero-order valence-electron chi connectivity index (χ0n) is 11.4. The molecule has 0 atom stereocenters. The fraction of sp³-hybridized carbons (Fsp3) is 0.176. The predicted octanol–water partition coefficient (Wildman–Crippen LogP) is 4.25. The minimum Gasteiger partial charge on any atom is -0.488 e. The van der Waals surface area contributed by atoms with E-state index in [0.717, 1.165) is 5.75 Å². The van der Waals surface area contributed by atoms with Crippen molar-refractivity contribution in [3.8, 4) is 5.75 Å². The van der Waals surface area contributed by atoms with Crippen molar-refractivity contribution in [2.75, 3.05) is 0 Å². The minimum absolute atomic E-state index is 0.584. The van der Waals surface area contributed by atoms with Gasteiger partial charge in [0.25, 0.3) is 0 Å². The Labute approximate surface area is 122 Å². The van der Waals surface area contributed by atoms with Crippen molar-refractivity contribution in [3.05, 3.63) is 64.5 Å². The number of hydrogen-bond acceptors (Lipinski definition) is 3. The van der Waals surface area contributed by atoms with Gasteiger partial charge in [0.1, 0.15) is 12.4 Å². The van der Waals surface area contributed by atoms with Crippen LogP contribution in [0, 0.1) is 6.92 Å². The lowest BCUT2D eigenvalue weighted by atomic mass is 10.1. The Bertz CT molecular complexity index is 715. The summed E-state index contributed by atoms with van der Waals surface area (Å²) in [6.07, 6.45) is 0. The Morgan fingerprint density at radius 2 is 1.85 bits per heavy atom. The third-order valence-corrected chi connectivity index (χ3v) is 4.36. The minimum atomic E-state index is 0.584. The standard InChI is InChI=1S/C17H17NOS/c1-12-2-5-15(6-3-12)19-11-16-9-14-8-13(10-18)4-7-17(14)20-16/h2-9H,10-11,18H2,1H3. The zero-order chi connectivity index (χ0) is 13.9. The average molecular weight is 283 g/mol. The molecule has 0 bridgehead atoms. The van der Waals surface area contributed by atoms with Gasteiger partial charge in [-0.2, -0.15) is 0 Å². The molecule has 3 aromatic rings. The van der Waals surface area contributed by atoms with Gasteiger partial charge >= 0.3 is 0 Å². The summed E-state index contributed by atoms with van der Waals surface area (Å²) in [5.41, 5.74) is 8.09. The molecule has 0 amide bonds. The second-order valence-electron chi connectivity index (χ2n) is 4.89. The smallest absolute Gasteiger partial charge is 0.122 e. The molecule has 3 rings (SSSR count). The molecule has 2 aromatic carbocycles. The van der Waals surface area contributed by atoms with E-state index in [1.54, 1.807) is 11.3 Å². The summed E-state index contributed by atoms with van der Waals surface area (Å²) in [6, 6.07) is 16.7. The van der Waals surface area contributed by atoms with Crippen molar-refractivity contribution in [1.82, 2.24) is 0 Å². The van der Waals surface area contributed by atoms with E-state index in [2.05, 4.69) is 43.3 Å². The van der Waals surface area contributed by atoms with Gasteiger partial charge in [0.2, 0.25) is 0 Å². The van der Waals surface area contributed by atoms with Gasteiger partial charge in [-0.3, -0.25) is 0 Å². The molecule has 0 aliphatic heterocycles. The molecule has 2 N–H and O–H groups in total. The van der Waals surface area contributed by atoms with Gasteiger partial charge < -0.3 is 10.5 Å². The van der Waals surface area contributed by atoms with Crippen LogP contribution in [0.5, 0.6) is 5.75 Å². The van der Waals surface area contributed by atoms with Gasteiger partial charge in [0.05, 0.1) is 0 Å². The summed E-state index contributed by atoms with van der Waals surface area (Å²) in [4.78, 5) is 1.23. The Morgan fingerprint density at radius 3 is 2.60 bits per heavy atom. The van der Waals surface area contributed by atoms with Gasteiger partial charge in [0.15, 0.2) is 0 Å². The van der Waals surface area contributed by atoms with E-state index in [0.29, 0.717) is 13.2 Å². The molecule has 0 aliphatic carbocycles. The highest BCUT2D eigenvalue weighted by atomic mass is 32.1. The molecule has 0 saturated heterocycles. The van der Waals surface area contributed by atoms with E-state index >= 15 is 0 Å². The average Bonchev–Trinajstić information content (AvgIpc) is 2.88. The number of fused-ring (bicyclic) bond motifs is 1. The van der Waals surface area contributed by atoms with E-state index in [9.17, 15) is 0 Å². The number of ether oxygens (including phenoxy) is 1. The summed E-state index contributed by atoms with van der Waals surface area (Å²) in [6.45, 7) is 3.27. The van der Waals surface area contributed by atoms with E-state index in [1.807, 2.05) is 12.1 Å². The summed E-state index contributed by atoms with van der Waals surface area (Å²) in [5.74, 6) is 0.913. The first-order valence-electron chi connectivity index (χ1n) is 6.65. The highest BCUT2D eigenvalue weighted by molar-refractivity contribution is 7.19. The van der Waals surface area contributed by atoms with Crippen LogP contribution in [0.15, 0.2) is 48.5 Å². The number of aryl methyl sites for hydroxylation is 1. The molecule has 3 heteroatoms. The van der Waals surface area contributed by atoms with Crippen LogP contribution in [0.1, 0.15) is 16.0 Å². The van der Waals surface area contributed by atoms with Crippen LogP contribution in [0.4, 0.5) is 0 Å². The quantitative estimate of drug-likeness (QED) is 0.777. The topological polar surface area (TPSA) is 35.2 Å². The van der Waals surface area contributed by atoms with Gasteiger partial charge in [-0.25, -0.2) is 0 Å². The van der Waals surface area contributed by atoms with Crippen LogP contribution in [-0.4, -0.2) is 0 Å². The summed E-state index contributed by atoms with van der Waals surface area (Å²) in [5, 5.41) is 1.25. The Morgan fingerprint density at radius 1 is 1.05 bits per heavy atom. The largest absolute Gasteiger partial charge is 0.488 e. The van der Waals surface area contributed by atoms with Gasteiger partial charge in [0, 0.05) is 16.1 Å². The molecule has 0 spiro atoms. The number of benzene rings is 2. The fourth-order valence-corrected chi connectivity index (χ4v) is 3.09. The Kier molecular flexibility index (Phi) is 3.72. The first kappa shape index (κ1) is 13.2. The lowest BCUT2D eigenvalue weighted by Crippen LogP contribution is -1.94. The maximum absolute atomic E-state index is 5.82. The Balaban J connectivity index is 1.75. The first-order valence-corrected chi connectivity index (χ1v) is 7.47. The van der Waals surface area contributed by atoms with Crippen LogP contribution in [0.25, 0.3) is 10.1 Å². The number of thiophene rings is 1. The van der Waals surface area contributed by atoms with E-state index in [-0.39, 0.29) is 0 Å². The van der Waals surface area contributed by atoms with Crippen LogP contribution in [0.3, 0.4) is 0 Å². The lowest BCUT2D eigenvalue weighted by Gasteiger charge is -2.04. The normalized spacial score (nSPS) is 10.9. The molecular formula is C17H17NOS. The second kappa shape index (κ2) is 5.65.